The molecule has 0 aromatic heterocycles. The molecular formula is C8H19PS. The van der Waals surface area contributed by atoms with Gasteiger partial charge in [-0.05, 0) is 23.5 Å². The zero-order chi connectivity index (χ0) is 8.20. The molecule has 0 spiro atoms. The summed E-state index contributed by atoms with van der Waals surface area (Å²) in [6, 6.07) is 0. The molecule has 0 aromatic carbocycles. The largest absolute Gasteiger partial charge is 0.141 e. The number of rotatable bonds is 3. The molecule has 0 heterocycles. The van der Waals surface area contributed by atoms with E-state index in [-0.39, 0.29) is 0 Å². The van der Waals surface area contributed by atoms with E-state index in [1.165, 1.54) is 12.2 Å². The molecule has 0 aromatic rings. The minimum absolute atomic E-state index is 0.500. The maximum absolute atomic E-state index is 2.71. The Bertz CT molecular complexity index is 85.7. The summed E-state index contributed by atoms with van der Waals surface area (Å²) in [6.45, 7) is 9.23. The zero-order valence-corrected chi connectivity index (χ0v) is 9.45. The molecule has 0 bridgehead atoms. The predicted octanol–water partition coefficient (Wildman–Crippen LogP) is 3.58. The minimum Gasteiger partial charge on any atom is -0.141 e. The molecule has 0 aliphatic rings. The van der Waals surface area contributed by atoms with Gasteiger partial charge < -0.3 is 0 Å². The third-order valence-electron chi connectivity index (χ3n) is 1.34. The number of hydrogen-bond donors (Lipinski definition) is 0. The van der Waals surface area contributed by atoms with Crippen molar-refractivity contribution in [2.24, 2.45) is 11.3 Å². The van der Waals surface area contributed by atoms with Gasteiger partial charge in [-0.3, -0.25) is 0 Å². The first-order valence-corrected chi connectivity index (χ1v) is 6.23. The van der Waals surface area contributed by atoms with Gasteiger partial charge in [-0.25, -0.2) is 0 Å². The van der Waals surface area contributed by atoms with Gasteiger partial charge in [-0.2, -0.15) is 0 Å². The summed E-state index contributed by atoms with van der Waals surface area (Å²) in [5.41, 5.74) is 0.500. The average molecular weight is 178 g/mol. The van der Waals surface area contributed by atoms with E-state index in [4.69, 9.17) is 0 Å². The molecule has 10 heavy (non-hydrogen) atoms. The average Bonchev–Trinajstić information content (AvgIpc) is 1.59. The van der Waals surface area contributed by atoms with Crippen LogP contribution < -0.4 is 0 Å². The van der Waals surface area contributed by atoms with E-state index in [1.54, 1.807) is 0 Å². The van der Waals surface area contributed by atoms with E-state index in [9.17, 15) is 0 Å². The van der Waals surface area contributed by atoms with Crippen molar-refractivity contribution in [1.82, 2.24) is 0 Å². The first-order valence-electron chi connectivity index (χ1n) is 3.77. The van der Waals surface area contributed by atoms with Crippen LogP contribution in [0.25, 0.3) is 0 Å². The smallest absolute Gasteiger partial charge is 0.000502 e. The molecule has 0 nitrogen and oxygen atoms in total. The van der Waals surface area contributed by atoms with Crippen molar-refractivity contribution >= 4 is 19.8 Å². The molecule has 0 fully saturated rings. The first kappa shape index (κ1) is 10.8. The summed E-state index contributed by atoms with van der Waals surface area (Å²) in [5, 5.41) is 0. The van der Waals surface area contributed by atoms with Crippen LogP contribution in [0.4, 0.5) is 0 Å². The fourth-order valence-corrected chi connectivity index (χ4v) is 2.70. The van der Waals surface area contributed by atoms with E-state index in [2.05, 4.69) is 36.1 Å². The maximum Gasteiger partial charge on any atom is -0.000502 e. The SMILES string of the molecule is CC(CSP)CC(C)(C)C. The van der Waals surface area contributed by atoms with Gasteiger partial charge in [0, 0.05) is 0 Å². The summed E-state index contributed by atoms with van der Waals surface area (Å²) >= 11 is 1.87. The lowest BCUT2D eigenvalue weighted by Gasteiger charge is -2.22. The Hall–Kier alpha value is 0.780. The first-order chi connectivity index (χ1) is 4.45. The normalized spacial score (nSPS) is 15.3. The molecule has 2 heteroatoms. The fraction of sp³-hybridized carbons (Fsp3) is 1.00. The Morgan fingerprint density at radius 3 is 2.20 bits per heavy atom. The van der Waals surface area contributed by atoms with Gasteiger partial charge in [0.1, 0.15) is 0 Å². The molecular weight excluding hydrogens is 159 g/mol. The Balaban J connectivity index is 3.47. The molecule has 62 valence electrons. The van der Waals surface area contributed by atoms with Gasteiger partial charge in [-0.1, -0.05) is 36.1 Å². The van der Waals surface area contributed by atoms with Gasteiger partial charge in [0.25, 0.3) is 0 Å². The molecule has 0 amide bonds. The van der Waals surface area contributed by atoms with Crippen LogP contribution in [0, 0.1) is 11.3 Å². The van der Waals surface area contributed by atoms with Crippen LogP contribution in [-0.2, 0) is 0 Å². The van der Waals surface area contributed by atoms with E-state index in [1.807, 2.05) is 11.4 Å². The second-order valence-electron chi connectivity index (χ2n) is 4.20. The van der Waals surface area contributed by atoms with Crippen molar-refractivity contribution in [3.63, 3.8) is 0 Å². The lowest BCUT2D eigenvalue weighted by atomic mass is 9.86. The quantitative estimate of drug-likeness (QED) is 0.595. The summed E-state index contributed by atoms with van der Waals surface area (Å²) in [7, 11) is 2.71. The molecule has 2 atom stereocenters. The third-order valence-corrected chi connectivity index (χ3v) is 2.68. The Morgan fingerprint density at radius 2 is 1.90 bits per heavy atom. The highest BCUT2D eigenvalue weighted by Gasteiger charge is 2.14. The van der Waals surface area contributed by atoms with E-state index >= 15 is 0 Å². The van der Waals surface area contributed by atoms with Crippen LogP contribution in [0.5, 0.6) is 0 Å². The third kappa shape index (κ3) is 6.89. The van der Waals surface area contributed by atoms with Crippen molar-refractivity contribution in [2.45, 2.75) is 34.1 Å². The summed E-state index contributed by atoms with van der Waals surface area (Å²) in [5.74, 6) is 2.12. The predicted molar refractivity (Wildman–Crippen MR) is 55.4 cm³/mol. The van der Waals surface area contributed by atoms with E-state index in [0.717, 1.165) is 5.92 Å². The molecule has 0 saturated heterocycles. The van der Waals surface area contributed by atoms with Gasteiger partial charge in [-0.15, -0.1) is 11.4 Å². The second kappa shape index (κ2) is 4.62. The van der Waals surface area contributed by atoms with Crippen LogP contribution in [0.1, 0.15) is 34.1 Å². The zero-order valence-electron chi connectivity index (χ0n) is 7.48. The molecule has 0 rings (SSSR count). The van der Waals surface area contributed by atoms with Crippen molar-refractivity contribution in [3.8, 4) is 0 Å². The van der Waals surface area contributed by atoms with Crippen LogP contribution in [0.2, 0.25) is 0 Å². The van der Waals surface area contributed by atoms with Gasteiger partial charge >= 0.3 is 0 Å². The summed E-state index contributed by atoms with van der Waals surface area (Å²) < 4.78 is 0. The maximum atomic E-state index is 2.71. The van der Waals surface area contributed by atoms with E-state index in [0.29, 0.717) is 5.41 Å². The molecule has 0 radical (unpaired) electrons. The monoisotopic (exact) mass is 178 g/mol. The lowest BCUT2D eigenvalue weighted by molar-refractivity contribution is 0.323. The van der Waals surface area contributed by atoms with Crippen LogP contribution in [0.3, 0.4) is 0 Å². The topological polar surface area (TPSA) is 0 Å². The van der Waals surface area contributed by atoms with Crippen LogP contribution >= 0.6 is 19.8 Å². The van der Waals surface area contributed by atoms with Gasteiger partial charge in [0.2, 0.25) is 0 Å². The molecule has 0 saturated carbocycles. The highest BCUT2D eigenvalue weighted by Crippen LogP contribution is 2.27. The van der Waals surface area contributed by atoms with Crippen LogP contribution in [-0.4, -0.2) is 5.75 Å². The van der Waals surface area contributed by atoms with Crippen molar-refractivity contribution in [3.05, 3.63) is 0 Å². The molecule has 2 unspecified atom stereocenters. The van der Waals surface area contributed by atoms with Crippen molar-refractivity contribution in [1.29, 1.82) is 0 Å². The van der Waals surface area contributed by atoms with Gasteiger partial charge in [0.05, 0.1) is 0 Å². The lowest BCUT2D eigenvalue weighted by Crippen LogP contribution is -2.11. The second-order valence-corrected chi connectivity index (χ2v) is 5.87. The van der Waals surface area contributed by atoms with E-state index < -0.39 is 0 Å². The number of hydrogen-bond acceptors (Lipinski definition) is 1. The Kier molecular flexibility index (Phi) is 4.98. The highest BCUT2D eigenvalue weighted by atomic mass is 32.7. The Morgan fingerprint density at radius 1 is 1.40 bits per heavy atom. The van der Waals surface area contributed by atoms with Crippen LogP contribution in [0.15, 0.2) is 0 Å². The standard InChI is InChI=1S/C8H19PS/c1-7(6-10-9)5-8(2,3)4/h7H,5-6,9H2,1-4H3. The molecule has 0 aliphatic heterocycles. The highest BCUT2D eigenvalue weighted by molar-refractivity contribution is 8.43. The fourth-order valence-electron chi connectivity index (χ4n) is 1.27. The molecule has 0 N–H and O–H groups in total. The summed E-state index contributed by atoms with van der Waals surface area (Å²) in [4.78, 5) is 0. The van der Waals surface area contributed by atoms with Gasteiger partial charge in [0.15, 0.2) is 0 Å². The van der Waals surface area contributed by atoms with Crippen molar-refractivity contribution < 1.29 is 0 Å². The summed E-state index contributed by atoms with van der Waals surface area (Å²) in [6.07, 6.45) is 1.33. The molecule has 0 aliphatic carbocycles. The van der Waals surface area contributed by atoms with Crippen molar-refractivity contribution in [2.75, 3.05) is 5.75 Å². The minimum atomic E-state index is 0.500. The Labute approximate surface area is 71.5 Å².